The van der Waals surface area contributed by atoms with Crippen LogP contribution in [0.3, 0.4) is 0 Å². The number of aromatic nitrogens is 4. The number of rotatable bonds is 4. The second-order valence-electron chi connectivity index (χ2n) is 7.44. The van der Waals surface area contributed by atoms with Crippen molar-refractivity contribution in [1.82, 2.24) is 19.9 Å². The Hall–Kier alpha value is -3.57. The Morgan fingerprint density at radius 2 is 2.10 bits per heavy atom. The fourth-order valence-electron chi connectivity index (χ4n) is 3.47. The number of nitrogens with one attached hydrogen (secondary N) is 2. The molecule has 3 N–H and O–H groups in total. The van der Waals surface area contributed by atoms with Gasteiger partial charge >= 0.3 is 0 Å². The van der Waals surface area contributed by atoms with Gasteiger partial charge in [0.1, 0.15) is 11.9 Å². The third kappa shape index (κ3) is 3.37. The van der Waals surface area contributed by atoms with Gasteiger partial charge < -0.3 is 15.7 Å². The maximum atomic E-state index is 9.88. The van der Waals surface area contributed by atoms with E-state index in [-0.39, 0.29) is 6.61 Å². The van der Waals surface area contributed by atoms with E-state index in [0.717, 1.165) is 28.2 Å². The number of aliphatic hydroxyl groups excluding tert-OH is 1. The van der Waals surface area contributed by atoms with Gasteiger partial charge in [-0.1, -0.05) is 6.92 Å². The molecule has 8 nitrogen and oxygen atoms in total. The number of aryl methyl sites for hydroxylation is 2. The molecule has 3 heterocycles. The third-order valence-corrected chi connectivity index (χ3v) is 5.21. The van der Waals surface area contributed by atoms with E-state index >= 15 is 0 Å². The van der Waals surface area contributed by atoms with Crippen molar-refractivity contribution in [3.63, 3.8) is 0 Å². The predicted molar refractivity (Wildman–Crippen MR) is 110 cm³/mol. The van der Waals surface area contributed by atoms with Gasteiger partial charge in [0.2, 0.25) is 5.95 Å². The number of benzene rings is 1. The van der Waals surface area contributed by atoms with Crippen LogP contribution in [0, 0.1) is 25.2 Å². The lowest BCUT2D eigenvalue weighted by Crippen LogP contribution is -2.28. The van der Waals surface area contributed by atoms with Gasteiger partial charge in [-0.3, -0.25) is 0 Å². The molecule has 3 aromatic rings. The van der Waals surface area contributed by atoms with E-state index in [0.29, 0.717) is 29.6 Å². The summed E-state index contributed by atoms with van der Waals surface area (Å²) in [6.45, 7) is 6.28. The average molecular weight is 387 g/mol. The average Bonchev–Trinajstić information content (AvgIpc) is 3.07. The van der Waals surface area contributed by atoms with Crippen LogP contribution in [-0.4, -0.2) is 38.2 Å². The van der Waals surface area contributed by atoms with Crippen molar-refractivity contribution in [2.45, 2.75) is 26.2 Å². The summed E-state index contributed by atoms with van der Waals surface area (Å²) in [7, 11) is 0. The van der Waals surface area contributed by atoms with Crippen LogP contribution in [0.15, 0.2) is 30.6 Å². The third-order valence-electron chi connectivity index (χ3n) is 5.21. The highest BCUT2D eigenvalue weighted by Crippen LogP contribution is 2.41. The Balaban J connectivity index is 1.74. The summed E-state index contributed by atoms with van der Waals surface area (Å²) in [5.74, 6) is 1.12. The van der Waals surface area contributed by atoms with Gasteiger partial charge in [0.15, 0.2) is 0 Å². The van der Waals surface area contributed by atoms with Crippen molar-refractivity contribution in [2.24, 2.45) is 0 Å². The fraction of sp³-hybridized carbons (Fsp3) is 0.286. The maximum Gasteiger partial charge on any atom is 0.227 e. The highest BCUT2D eigenvalue weighted by atomic mass is 16.3. The van der Waals surface area contributed by atoms with Gasteiger partial charge in [0, 0.05) is 23.7 Å². The number of fused-ring (bicyclic) bond motifs is 1. The number of nitriles is 1. The van der Waals surface area contributed by atoms with Crippen molar-refractivity contribution in [3.05, 3.63) is 53.2 Å². The van der Waals surface area contributed by atoms with Gasteiger partial charge in [-0.15, -0.1) is 0 Å². The summed E-state index contributed by atoms with van der Waals surface area (Å²) in [6, 6.07) is 7.84. The van der Waals surface area contributed by atoms with E-state index in [1.54, 1.807) is 24.5 Å². The number of anilines is 3. The molecule has 4 rings (SSSR count). The first-order chi connectivity index (χ1) is 13.9. The minimum absolute atomic E-state index is 0.00932. The zero-order valence-corrected chi connectivity index (χ0v) is 16.5. The minimum Gasteiger partial charge on any atom is -0.395 e. The van der Waals surface area contributed by atoms with E-state index < -0.39 is 5.41 Å². The molecule has 1 aliphatic heterocycles. The van der Waals surface area contributed by atoms with Crippen molar-refractivity contribution < 1.29 is 5.11 Å². The molecule has 1 aromatic carbocycles. The molecule has 0 amide bonds. The molecule has 0 radical (unpaired) electrons. The minimum atomic E-state index is -0.443. The maximum absolute atomic E-state index is 9.88. The van der Waals surface area contributed by atoms with Crippen LogP contribution in [0.5, 0.6) is 0 Å². The number of hydrogen-bond donors (Lipinski definition) is 3. The summed E-state index contributed by atoms with van der Waals surface area (Å²) >= 11 is 0. The molecule has 0 aliphatic carbocycles. The van der Waals surface area contributed by atoms with Gasteiger partial charge in [-0.25, -0.2) is 19.9 Å². The van der Waals surface area contributed by atoms with Crippen LogP contribution in [-0.2, 0) is 5.41 Å². The summed E-state index contributed by atoms with van der Waals surface area (Å²) in [5.41, 5.74) is 4.81. The van der Waals surface area contributed by atoms with Gasteiger partial charge in [-0.05, 0) is 37.6 Å². The van der Waals surface area contributed by atoms with Crippen molar-refractivity contribution >= 4 is 17.3 Å². The molecule has 0 fully saturated rings. The second kappa shape index (κ2) is 7.11. The van der Waals surface area contributed by atoms with E-state index in [2.05, 4.69) is 36.6 Å². The van der Waals surface area contributed by atoms with Crippen LogP contribution < -0.4 is 10.6 Å². The van der Waals surface area contributed by atoms with Crippen LogP contribution >= 0.6 is 0 Å². The predicted octanol–water partition coefficient (Wildman–Crippen LogP) is 2.84. The molecule has 1 aliphatic rings. The molecule has 1 unspecified atom stereocenters. The molecule has 2 aromatic heterocycles. The molecule has 146 valence electrons. The van der Waals surface area contributed by atoms with Crippen LogP contribution in [0.4, 0.5) is 17.3 Å². The van der Waals surface area contributed by atoms with Gasteiger partial charge in [0.05, 0.1) is 41.1 Å². The quantitative estimate of drug-likeness (QED) is 0.625. The Morgan fingerprint density at radius 3 is 2.83 bits per heavy atom. The van der Waals surface area contributed by atoms with E-state index in [4.69, 9.17) is 0 Å². The van der Waals surface area contributed by atoms with Crippen LogP contribution in [0.1, 0.15) is 29.6 Å². The Kier molecular flexibility index (Phi) is 4.60. The zero-order chi connectivity index (χ0) is 20.6. The summed E-state index contributed by atoms with van der Waals surface area (Å²) in [5, 5.41) is 25.9. The largest absolute Gasteiger partial charge is 0.395 e. The molecular weight excluding hydrogens is 366 g/mol. The molecule has 8 heteroatoms. The monoisotopic (exact) mass is 387 g/mol. The Bertz CT molecular complexity index is 1140. The summed E-state index contributed by atoms with van der Waals surface area (Å²) in [6.07, 6.45) is 3.37. The number of nitrogens with zero attached hydrogens (tertiary/aromatic N) is 5. The molecule has 1 atom stereocenters. The van der Waals surface area contributed by atoms with E-state index in [9.17, 15) is 10.4 Å². The Morgan fingerprint density at radius 1 is 1.28 bits per heavy atom. The lowest BCUT2D eigenvalue weighted by atomic mass is 9.83. The van der Waals surface area contributed by atoms with Crippen molar-refractivity contribution in [1.29, 1.82) is 5.26 Å². The van der Waals surface area contributed by atoms with Crippen molar-refractivity contribution in [2.75, 3.05) is 23.8 Å². The zero-order valence-electron chi connectivity index (χ0n) is 16.5. The molecule has 29 heavy (non-hydrogen) atoms. The fourth-order valence-corrected chi connectivity index (χ4v) is 3.47. The van der Waals surface area contributed by atoms with Crippen LogP contribution in [0.25, 0.3) is 11.3 Å². The van der Waals surface area contributed by atoms with E-state index in [1.807, 2.05) is 26.8 Å². The number of hydrogen-bond acceptors (Lipinski definition) is 8. The lowest BCUT2D eigenvalue weighted by molar-refractivity contribution is 0.219. The molecule has 0 saturated carbocycles. The molecular formula is C21H21N7O. The first-order valence-electron chi connectivity index (χ1n) is 9.27. The molecule has 0 bridgehead atoms. The highest BCUT2D eigenvalue weighted by molar-refractivity contribution is 5.76. The smallest absolute Gasteiger partial charge is 0.227 e. The summed E-state index contributed by atoms with van der Waals surface area (Å²) < 4.78 is 0. The topological polar surface area (TPSA) is 120 Å². The van der Waals surface area contributed by atoms with Crippen LogP contribution in [0.2, 0.25) is 0 Å². The van der Waals surface area contributed by atoms with Gasteiger partial charge in [0.25, 0.3) is 0 Å². The first-order valence-corrected chi connectivity index (χ1v) is 9.27. The number of aliphatic hydroxyl groups is 1. The first kappa shape index (κ1) is 18.8. The summed E-state index contributed by atoms with van der Waals surface area (Å²) in [4.78, 5) is 17.4. The van der Waals surface area contributed by atoms with Gasteiger partial charge in [-0.2, -0.15) is 5.26 Å². The Labute approximate surface area is 168 Å². The van der Waals surface area contributed by atoms with E-state index in [1.165, 1.54) is 0 Å². The standard InChI is InChI=1S/C21H21N7O/c1-12-18(9-24-13(2)26-12)28-20-23-5-4-17(27-20)14-6-15(8-22)19-16(7-14)21(3,11-29)10-25-19/h4-7,9,25,29H,10-11H2,1-3H3,(H,23,27,28). The highest BCUT2D eigenvalue weighted by Gasteiger charge is 2.35. The molecule has 0 spiro atoms. The second-order valence-corrected chi connectivity index (χ2v) is 7.44. The normalized spacial score (nSPS) is 17.3. The lowest BCUT2D eigenvalue weighted by Gasteiger charge is -2.21. The van der Waals surface area contributed by atoms with Crippen molar-refractivity contribution in [3.8, 4) is 17.3 Å². The molecule has 0 saturated heterocycles. The SMILES string of the molecule is Cc1ncc(Nc2nccc(-c3cc(C#N)c4c(c3)C(C)(CO)CN4)n2)c(C)n1.